The number of hydrogen-bond acceptors (Lipinski definition) is 4. The van der Waals surface area contributed by atoms with E-state index in [1.807, 2.05) is 36.4 Å². The van der Waals surface area contributed by atoms with Gasteiger partial charge >= 0.3 is 5.97 Å². The summed E-state index contributed by atoms with van der Waals surface area (Å²) in [6.45, 7) is 5.14. The molecule has 2 rings (SSSR count). The van der Waals surface area contributed by atoms with Gasteiger partial charge in [-0.3, -0.25) is 0 Å². The standard InChI is InChI=1S/C17H18O4/c1-12(2)17(19)20-11-10-16(18)21-15-9-5-7-13-6-3-4-8-14(13)15/h3-9,16,18H,1,10-11H2,2H3. The summed E-state index contributed by atoms with van der Waals surface area (Å²) in [4.78, 5) is 11.2. The molecule has 0 saturated carbocycles. The summed E-state index contributed by atoms with van der Waals surface area (Å²) in [5.41, 5.74) is 0.333. The van der Waals surface area contributed by atoms with Gasteiger partial charge in [-0.1, -0.05) is 43.0 Å². The molecule has 4 heteroatoms. The Labute approximate surface area is 123 Å². The zero-order valence-electron chi connectivity index (χ0n) is 11.9. The number of fused-ring (bicyclic) bond motifs is 1. The van der Waals surface area contributed by atoms with E-state index in [1.54, 1.807) is 13.0 Å². The van der Waals surface area contributed by atoms with Crippen LogP contribution in [0.2, 0.25) is 0 Å². The summed E-state index contributed by atoms with van der Waals surface area (Å²) in [5, 5.41) is 11.8. The molecule has 0 radical (unpaired) electrons. The van der Waals surface area contributed by atoms with E-state index >= 15 is 0 Å². The first-order valence-corrected chi connectivity index (χ1v) is 6.73. The summed E-state index contributed by atoms with van der Waals surface area (Å²) < 4.78 is 10.4. The molecule has 4 nitrogen and oxygen atoms in total. The number of aliphatic hydroxyl groups excluding tert-OH is 1. The molecule has 1 unspecified atom stereocenters. The van der Waals surface area contributed by atoms with Crippen LogP contribution in [0.4, 0.5) is 0 Å². The third-order valence-corrected chi connectivity index (χ3v) is 2.96. The van der Waals surface area contributed by atoms with Crippen molar-refractivity contribution in [2.75, 3.05) is 6.61 Å². The van der Waals surface area contributed by atoms with E-state index in [-0.39, 0.29) is 13.0 Å². The van der Waals surface area contributed by atoms with E-state index in [2.05, 4.69) is 6.58 Å². The van der Waals surface area contributed by atoms with E-state index in [1.165, 1.54) is 0 Å². The number of aliphatic hydroxyl groups is 1. The molecular weight excluding hydrogens is 268 g/mol. The number of esters is 1. The number of rotatable bonds is 6. The maximum absolute atomic E-state index is 11.2. The van der Waals surface area contributed by atoms with Crippen LogP contribution in [-0.2, 0) is 9.53 Å². The van der Waals surface area contributed by atoms with Crippen LogP contribution >= 0.6 is 0 Å². The molecule has 0 aliphatic rings. The molecule has 0 amide bonds. The van der Waals surface area contributed by atoms with E-state index < -0.39 is 12.3 Å². The van der Waals surface area contributed by atoms with Crippen LogP contribution in [0.25, 0.3) is 10.8 Å². The number of ether oxygens (including phenoxy) is 2. The molecule has 2 aromatic rings. The molecule has 0 aliphatic carbocycles. The van der Waals surface area contributed by atoms with Crippen molar-refractivity contribution in [3.05, 3.63) is 54.6 Å². The Morgan fingerprint density at radius 2 is 1.95 bits per heavy atom. The Morgan fingerprint density at radius 3 is 2.71 bits per heavy atom. The van der Waals surface area contributed by atoms with Crippen LogP contribution in [0.1, 0.15) is 13.3 Å². The highest BCUT2D eigenvalue weighted by Crippen LogP contribution is 2.26. The van der Waals surface area contributed by atoms with Gasteiger partial charge in [0, 0.05) is 17.4 Å². The number of carbonyl (C=O) groups is 1. The third-order valence-electron chi connectivity index (χ3n) is 2.96. The predicted molar refractivity (Wildman–Crippen MR) is 81.0 cm³/mol. The van der Waals surface area contributed by atoms with Gasteiger partial charge in [0.25, 0.3) is 0 Å². The Balaban J connectivity index is 1.94. The number of benzene rings is 2. The molecule has 0 aliphatic heterocycles. The van der Waals surface area contributed by atoms with Crippen LogP contribution in [-0.4, -0.2) is 24.0 Å². The van der Waals surface area contributed by atoms with E-state index in [0.29, 0.717) is 11.3 Å². The highest BCUT2D eigenvalue weighted by atomic mass is 16.6. The van der Waals surface area contributed by atoms with Crippen molar-refractivity contribution < 1.29 is 19.4 Å². The molecule has 0 spiro atoms. The Kier molecular flexibility index (Phi) is 4.95. The summed E-state index contributed by atoms with van der Waals surface area (Å²) in [7, 11) is 0. The minimum atomic E-state index is -1.03. The van der Waals surface area contributed by atoms with Crippen molar-refractivity contribution in [2.24, 2.45) is 0 Å². The Bertz CT molecular complexity index is 643. The smallest absolute Gasteiger partial charge is 0.333 e. The maximum Gasteiger partial charge on any atom is 0.333 e. The number of hydrogen-bond donors (Lipinski definition) is 1. The van der Waals surface area contributed by atoms with Gasteiger partial charge in [-0.15, -0.1) is 0 Å². The quantitative estimate of drug-likeness (QED) is 0.504. The van der Waals surface area contributed by atoms with Gasteiger partial charge in [0.15, 0.2) is 0 Å². The first-order valence-electron chi connectivity index (χ1n) is 6.73. The molecular formula is C17H18O4. The lowest BCUT2D eigenvalue weighted by atomic mass is 10.1. The van der Waals surface area contributed by atoms with Crippen molar-refractivity contribution in [2.45, 2.75) is 19.6 Å². The molecule has 21 heavy (non-hydrogen) atoms. The van der Waals surface area contributed by atoms with Crippen LogP contribution in [0.15, 0.2) is 54.6 Å². The fraction of sp³-hybridized carbons (Fsp3) is 0.235. The first-order chi connectivity index (χ1) is 10.1. The van der Waals surface area contributed by atoms with Gasteiger partial charge in [-0.2, -0.15) is 0 Å². The normalized spacial score (nSPS) is 11.9. The molecule has 2 aromatic carbocycles. The molecule has 0 fully saturated rings. The molecule has 110 valence electrons. The monoisotopic (exact) mass is 286 g/mol. The average Bonchev–Trinajstić information content (AvgIpc) is 2.47. The van der Waals surface area contributed by atoms with E-state index in [9.17, 15) is 9.90 Å². The van der Waals surface area contributed by atoms with Crippen LogP contribution in [0, 0.1) is 0 Å². The fourth-order valence-electron chi connectivity index (χ4n) is 1.88. The number of carbonyl (C=O) groups excluding carboxylic acids is 1. The minimum Gasteiger partial charge on any atom is -0.464 e. The molecule has 0 heterocycles. The summed E-state index contributed by atoms with van der Waals surface area (Å²) in [6.07, 6.45) is -0.837. The summed E-state index contributed by atoms with van der Waals surface area (Å²) in [5.74, 6) is 0.138. The van der Waals surface area contributed by atoms with Crippen molar-refractivity contribution in [3.8, 4) is 5.75 Å². The van der Waals surface area contributed by atoms with Crippen molar-refractivity contribution >= 4 is 16.7 Å². The topological polar surface area (TPSA) is 55.8 Å². The lowest BCUT2D eigenvalue weighted by Gasteiger charge is -2.15. The lowest BCUT2D eigenvalue weighted by molar-refractivity contribution is -0.140. The van der Waals surface area contributed by atoms with Crippen molar-refractivity contribution in [1.82, 2.24) is 0 Å². The Hall–Kier alpha value is -2.33. The largest absolute Gasteiger partial charge is 0.464 e. The van der Waals surface area contributed by atoms with Gasteiger partial charge in [-0.05, 0) is 18.4 Å². The van der Waals surface area contributed by atoms with E-state index in [4.69, 9.17) is 9.47 Å². The highest BCUT2D eigenvalue weighted by Gasteiger charge is 2.10. The van der Waals surface area contributed by atoms with Crippen LogP contribution in [0.3, 0.4) is 0 Å². The van der Waals surface area contributed by atoms with Crippen LogP contribution < -0.4 is 4.74 Å². The lowest BCUT2D eigenvalue weighted by Crippen LogP contribution is -2.19. The second kappa shape index (κ2) is 6.90. The van der Waals surface area contributed by atoms with Gasteiger partial charge in [0.1, 0.15) is 5.75 Å². The van der Waals surface area contributed by atoms with Gasteiger partial charge in [-0.25, -0.2) is 4.79 Å². The second-order valence-electron chi connectivity index (χ2n) is 4.75. The van der Waals surface area contributed by atoms with Crippen molar-refractivity contribution in [1.29, 1.82) is 0 Å². The molecule has 1 N–H and O–H groups in total. The second-order valence-corrected chi connectivity index (χ2v) is 4.75. The predicted octanol–water partition coefficient (Wildman–Crippen LogP) is 3.05. The summed E-state index contributed by atoms with van der Waals surface area (Å²) in [6, 6.07) is 13.4. The summed E-state index contributed by atoms with van der Waals surface area (Å²) >= 11 is 0. The Morgan fingerprint density at radius 1 is 1.24 bits per heavy atom. The molecule has 1 atom stereocenters. The first kappa shape index (κ1) is 15.1. The maximum atomic E-state index is 11.2. The molecule has 0 saturated heterocycles. The zero-order chi connectivity index (χ0) is 15.2. The van der Waals surface area contributed by atoms with Gasteiger partial charge < -0.3 is 14.6 Å². The minimum absolute atomic E-state index is 0.0810. The third kappa shape index (κ3) is 4.07. The zero-order valence-corrected chi connectivity index (χ0v) is 11.9. The average molecular weight is 286 g/mol. The molecule has 0 aromatic heterocycles. The fourth-order valence-corrected chi connectivity index (χ4v) is 1.88. The SMILES string of the molecule is C=C(C)C(=O)OCCC(O)Oc1cccc2ccccc12. The van der Waals surface area contributed by atoms with Gasteiger partial charge in [0.05, 0.1) is 6.61 Å². The molecule has 0 bridgehead atoms. The van der Waals surface area contributed by atoms with Crippen molar-refractivity contribution in [3.63, 3.8) is 0 Å². The van der Waals surface area contributed by atoms with E-state index in [0.717, 1.165) is 10.8 Å². The van der Waals surface area contributed by atoms with Gasteiger partial charge in [0.2, 0.25) is 6.29 Å². The highest BCUT2D eigenvalue weighted by molar-refractivity contribution is 5.88. The van der Waals surface area contributed by atoms with Crippen LogP contribution in [0.5, 0.6) is 5.75 Å².